The van der Waals surface area contributed by atoms with Crippen molar-refractivity contribution in [3.8, 4) is 28.4 Å². The predicted octanol–water partition coefficient (Wildman–Crippen LogP) is 5.77. The number of benzene rings is 3. The summed E-state index contributed by atoms with van der Waals surface area (Å²) in [5.41, 5.74) is 4.10. The van der Waals surface area contributed by atoms with Gasteiger partial charge in [-0.3, -0.25) is 14.4 Å². The van der Waals surface area contributed by atoms with E-state index >= 15 is 0 Å². The molecule has 200 valence electrons. The van der Waals surface area contributed by atoms with E-state index in [1.807, 2.05) is 68.7 Å². The number of hydrogen-bond donors (Lipinski definition) is 1. The van der Waals surface area contributed by atoms with E-state index < -0.39 is 18.1 Å². The quantitative estimate of drug-likeness (QED) is 0.295. The van der Waals surface area contributed by atoms with Crippen LogP contribution in [0.4, 0.5) is 4.79 Å². The van der Waals surface area contributed by atoms with E-state index in [-0.39, 0.29) is 12.5 Å². The third kappa shape index (κ3) is 5.57. The van der Waals surface area contributed by atoms with Crippen LogP contribution in [0.1, 0.15) is 35.8 Å². The predicted molar refractivity (Wildman–Crippen MR) is 144 cm³/mol. The summed E-state index contributed by atoms with van der Waals surface area (Å²) in [6.07, 6.45) is 2.76. The molecule has 1 N–H and O–H groups in total. The van der Waals surface area contributed by atoms with Crippen molar-refractivity contribution in [3.63, 3.8) is 0 Å². The number of methoxy groups -OCH3 is 1. The maximum absolute atomic E-state index is 13.0. The molecule has 1 aliphatic rings. The van der Waals surface area contributed by atoms with E-state index in [0.717, 1.165) is 22.3 Å². The molecule has 0 radical (unpaired) electrons. The second kappa shape index (κ2) is 10.9. The number of carbonyl (C=O) groups is 2. The summed E-state index contributed by atoms with van der Waals surface area (Å²) in [5.74, 6) is 0.410. The molecule has 0 aliphatic carbocycles. The molecule has 2 heterocycles. The van der Waals surface area contributed by atoms with Gasteiger partial charge in [-0.2, -0.15) is 5.10 Å². The van der Waals surface area contributed by atoms with Crippen molar-refractivity contribution in [3.05, 3.63) is 95.8 Å². The summed E-state index contributed by atoms with van der Waals surface area (Å²) in [5, 5.41) is 13.5. The highest BCUT2D eigenvalue weighted by atomic mass is 16.6. The van der Waals surface area contributed by atoms with Gasteiger partial charge < -0.3 is 19.3 Å². The lowest BCUT2D eigenvalue weighted by atomic mass is 9.99. The van der Waals surface area contributed by atoms with E-state index in [1.54, 1.807) is 34.0 Å². The number of cyclic esters (lactones) is 1. The van der Waals surface area contributed by atoms with Gasteiger partial charge in [-0.05, 0) is 47.9 Å². The summed E-state index contributed by atoms with van der Waals surface area (Å²) in [7, 11) is 3.38. The fourth-order valence-corrected chi connectivity index (χ4v) is 4.73. The number of aryl methyl sites for hydroxylation is 1. The molecule has 1 amide bonds. The van der Waals surface area contributed by atoms with Crippen LogP contribution in [0.3, 0.4) is 0 Å². The summed E-state index contributed by atoms with van der Waals surface area (Å²) < 4.78 is 19.3. The molecule has 1 saturated heterocycles. The van der Waals surface area contributed by atoms with Crippen molar-refractivity contribution in [1.82, 2.24) is 14.7 Å². The Balaban J connectivity index is 1.52. The molecular weight excluding hydrogens is 498 g/mol. The van der Waals surface area contributed by atoms with Gasteiger partial charge in [0.1, 0.15) is 11.9 Å². The van der Waals surface area contributed by atoms with Crippen LogP contribution in [0.5, 0.6) is 17.2 Å². The third-order valence-electron chi connectivity index (χ3n) is 6.78. The number of amides is 1. The first-order chi connectivity index (χ1) is 18.8. The van der Waals surface area contributed by atoms with Crippen LogP contribution in [-0.2, 0) is 23.0 Å². The van der Waals surface area contributed by atoms with Gasteiger partial charge in [0.15, 0.2) is 11.5 Å². The first-order valence-corrected chi connectivity index (χ1v) is 12.5. The Morgan fingerprint density at radius 1 is 1.08 bits per heavy atom. The molecule has 0 bridgehead atoms. The normalized spacial score (nSPS) is 15.6. The van der Waals surface area contributed by atoms with Gasteiger partial charge in [0.25, 0.3) is 0 Å². The summed E-state index contributed by atoms with van der Waals surface area (Å²) in [6, 6.07) is 20.0. The van der Waals surface area contributed by atoms with E-state index in [4.69, 9.17) is 14.2 Å². The lowest BCUT2D eigenvalue weighted by molar-refractivity contribution is -0.136. The average Bonchev–Trinajstić information content (AvgIpc) is 3.54. The van der Waals surface area contributed by atoms with E-state index in [0.29, 0.717) is 29.4 Å². The van der Waals surface area contributed by atoms with Crippen molar-refractivity contribution in [2.24, 2.45) is 7.05 Å². The van der Waals surface area contributed by atoms with Gasteiger partial charge in [0.2, 0.25) is 0 Å². The maximum Gasteiger partial charge on any atom is 0.411 e. The molecule has 0 saturated carbocycles. The number of rotatable bonds is 9. The number of aromatic nitrogens is 2. The molecule has 3 aromatic carbocycles. The number of carboxylic acid groups (broad SMARTS) is 1. The topological polar surface area (TPSA) is 103 Å². The zero-order valence-corrected chi connectivity index (χ0v) is 21.9. The minimum Gasteiger partial charge on any atom is -0.493 e. The van der Waals surface area contributed by atoms with Gasteiger partial charge in [-0.25, -0.2) is 4.79 Å². The second-order valence-electron chi connectivity index (χ2n) is 9.42. The van der Waals surface area contributed by atoms with Gasteiger partial charge in [0, 0.05) is 24.4 Å². The third-order valence-corrected chi connectivity index (χ3v) is 6.78. The molecule has 1 fully saturated rings. The Kier molecular flexibility index (Phi) is 7.23. The van der Waals surface area contributed by atoms with Crippen molar-refractivity contribution in [1.29, 1.82) is 0 Å². The number of aliphatic carboxylic acids is 1. The molecule has 39 heavy (non-hydrogen) atoms. The molecule has 5 rings (SSSR count). The molecule has 2 atom stereocenters. The Morgan fingerprint density at radius 3 is 2.54 bits per heavy atom. The first kappa shape index (κ1) is 25.8. The molecule has 9 heteroatoms. The Bertz CT molecular complexity index is 1500. The molecule has 1 aromatic heterocycles. The van der Waals surface area contributed by atoms with Crippen LogP contribution in [0, 0.1) is 0 Å². The van der Waals surface area contributed by atoms with Crippen LogP contribution >= 0.6 is 0 Å². The highest BCUT2D eigenvalue weighted by Gasteiger charge is 2.37. The van der Waals surface area contributed by atoms with Gasteiger partial charge >= 0.3 is 12.1 Å². The maximum atomic E-state index is 13.0. The zero-order valence-electron chi connectivity index (χ0n) is 21.9. The van der Waals surface area contributed by atoms with Crippen LogP contribution in [0.15, 0.2) is 79.1 Å². The minimum atomic E-state index is -0.943. The Hall–Kier alpha value is -4.79. The molecule has 2 unspecified atom stereocenters. The van der Waals surface area contributed by atoms with Crippen LogP contribution in [0.25, 0.3) is 11.1 Å². The molecular formula is C30H29N3O6. The zero-order chi connectivity index (χ0) is 27.5. The van der Waals surface area contributed by atoms with Crippen molar-refractivity contribution in [2.75, 3.05) is 13.7 Å². The van der Waals surface area contributed by atoms with Crippen LogP contribution in [-0.4, -0.2) is 45.5 Å². The second-order valence-corrected chi connectivity index (χ2v) is 9.42. The monoisotopic (exact) mass is 527 g/mol. The fraction of sp³-hybridized carbons (Fsp3) is 0.233. The summed E-state index contributed by atoms with van der Waals surface area (Å²) in [6.45, 7) is 2.32. The fourth-order valence-electron chi connectivity index (χ4n) is 4.73. The van der Waals surface area contributed by atoms with Crippen LogP contribution in [0.2, 0.25) is 0 Å². The number of carbonyl (C=O) groups excluding carboxylic acids is 1. The Morgan fingerprint density at radius 2 is 1.85 bits per heavy atom. The largest absolute Gasteiger partial charge is 0.493 e. The van der Waals surface area contributed by atoms with Gasteiger partial charge in [-0.1, -0.05) is 42.5 Å². The molecule has 0 spiro atoms. The van der Waals surface area contributed by atoms with E-state index in [9.17, 15) is 14.7 Å². The minimum absolute atomic E-state index is 0.149. The standard InChI is InChI=1S/C30H29N3O6/c1-19(33-18-28(39-30(33)36)21-7-5-4-6-8-21)24-15-22(23-16-31-32(2)17-23)10-12-25(24)38-27-13-20(14-29(34)35)9-11-26(27)37-3/h4-13,15-17,19,28H,14,18H2,1-3H3,(H,34,35). The smallest absolute Gasteiger partial charge is 0.411 e. The van der Waals surface area contributed by atoms with Gasteiger partial charge in [-0.15, -0.1) is 0 Å². The Labute approximate surface area is 226 Å². The number of ether oxygens (including phenoxy) is 3. The highest BCUT2D eigenvalue weighted by molar-refractivity contribution is 5.72. The van der Waals surface area contributed by atoms with Crippen LogP contribution < -0.4 is 9.47 Å². The molecule has 9 nitrogen and oxygen atoms in total. The molecule has 1 aliphatic heterocycles. The summed E-state index contributed by atoms with van der Waals surface area (Å²) in [4.78, 5) is 26.0. The molecule has 4 aromatic rings. The lowest BCUT2D eigenvalue weighted by Gasteiger charge is -2.25. The highest BCUT2D eigenvalue weighted by Crippen LogP contribution is 2.41. The summed E-state index contributed by atoms with van der Waals surface area (Å²) >= 11 is 0. The number of nitrogens with zero attached hydrogens (tertiary/aromatic N) is 3. The average molecular weight is 528 g/mol. The van der Waals surface area contributed by atoms with Crippen molar-refractivity contribution in [2.45, 2.75) is 25.5 Å². The van der Waals surface area contributed by atoms with Crippen molar-refractivity contribution < 1.29 is 28.9 Å². The van der Waals surface area contributed by atoms with Crippen molar-refractivity contribution >= 4 is 12.1 Å². The number of hydrogen-bond acceptors (Lipinski definition) is 6. The van der Waals surface area contributed by atoms with E-state index in [1.165, 1.54) is 7.11 Å². The lowest BCUT2D eigenvalue weighted by Crippen LogP contribution is -2.28. The number of carboxylic acids is 1. The van der Waals surface area contributed by atoms with Gasteiger partial charge in [0.05, 0.1) is 32.3 Å². The first-order valence-electron chi connectivity index (χ1n) is 12.5. The van der Waals surface area contributed by atoms with E-state index in [2.05, 4.69) is 5.10 Å². The SMILES string of the molecule is COc1ccc(CC(=O)O)cc1Oc1ccc(-c2cnn(C)c2)cc1C(C)N1CC(c2ccccc2)OC1=O.